The summed E-state index contributed by atoms with van der Waals surface area (Å²) in [5.41, 5.74) is 0.947. The zero-order valence-electron chi connectivity index (χ0n) is 18.6. The highest BCUT2D eigenvalue weighted by Gasteiger charge is 2.49. The average molecular weight is 490 g/mol. The van der Waals surface area contributed by atoms with E-state index in [0.717, 1.165) is 5.56 Å². The third-order valence-corrected chi connectivity index (χ3v) is 7.37. The smallest absolute Gasteiger partial charge is 0.258 e. The third-order valence-electron chi connectivity index (χ3n) is 5.13. The minimum absolute atomic E-state index is 0.269. The van der Waals surface area contributed by atoms with Gasteiger partial charge in [0.05, 0.1) is 11.4 Å². The van der Waals surface area contributed by atoms with E-state index in [1.54, 1.807) is 24.3 Å². The molecule has 10 heteroatoms. The van der Waals surface area contributed by atoms with Crippen molar-refractivity contribution in [3.63, 3.8) is 0 Å². The van der Waals surface area contributed by atoms with Crippen LogP contribution in [-0.4, -0.2) is 52.2 Å². The molecule has 1 saturated heterocycles. The molecule has 1 aliphatic heterocycles. The SMILES string of the molecule is CC(=O)C(=O)C1NC(C(NC(=O)COc2ccccc2)C(=O)NCc2ccsc2)SC1(C)C. The molecule has 8 nitrogen and oxygen atoms in total. The van der Waals surface area contributed by atoms with E-state index in [2.05, 4.69) is 16.0 Å². The van der Waals surface area contributed by atoms with E-state index in [1.165, 1.54) is 30.0 Å². The van der Waals surface area contributed by atoms with Gasteiger partial charge >= 0.3 is 0 Å². The van der Waals surface area contributed by atoms with Gasteiger partial charge in [-0.25, -0.2) is 0 Å². The van der Waals surface area contributed by atoms with Gasteiger partial charge in [-0.15, -0.1) is 11.8 Å². The van der Waals surface area contributed by atoms with Gasteiger partial charge in [0.25, 0.3) is 5.91 Å². The van der Waals surface area contributed by atoms with E-state index in [9.17, 15) is 19.2 Å². The molecule has 2 heterocycles. The number of rotatable bonds is 10. The zero-order valence-corrected chi connectivity index (χ0v) is 20.3. The molecule has 1 aromatic carbocycles. The Balaban J connectivity index is 1.71. The van der Waals surface area contributed by atoms with Gasteiger partial charge in [0.2, 0.25) is 11.7 Å². The molecular formula is C23H27N3O5S2. The highest BCUT2D eigenvalue weighted by Crippen LogP contribution is 2.39. The molecule has 0 bridgehead atoms. The second-order valence-corrected chi connectivity index (χ2v) is 10.7. The van der Waals surface area contributed by atoms with Crippen LogP contribution in [0.4, 0.5) is 0 Å². The number of amides is 2. The molecule has 1 aromatic heterocycles. The van der Waals surface area contributed by atoms with Gasteiger partial charge in [-0.1, -0.05) is 18.2 Å². The highest BCUT2D eigenvalue weighted by molar-refractivity contribution is 8.01. The number of para-hydroxylation sites is 1. The number of carbonyl (C=O) groups is 4. The molecular weight excluding hydrogens is 462 g/mol. The summed E-state index contributed by atoms with van der Waals surface area (Å²) in [7, 11) is 0. The van der Waals surface area contributed by atoms with Gasteiger partial charge in [0.1, 0.15) is 11.8 Å². The van der Waals surface area contributed by atoms with E-state index in [-0.39, 0.29) is 6.61 Å². The van der Waals surface area contributed by atoms with Crippen LogP contribution in [0.1, 0.15) is 26.3 Å². The lowest BCUT2D eigenvalue weighted by Gasteiger charge is -2.24. The van der Waals surface area contributed by atoms with Gasteiger partial charge in [-0.05, 0) is 48.4 Å². The lowest BCUT2D eigenvalue weighted by atomic mass is 9.97. The monoisotopic (exact) mass is 489 g/mol. The average Bonchev–Trinajstić information content (AvgIpc) is 3.41. The molecule has 3 rings (SSSR count). The molecule has 3 N–H and O–H groups in total. The van der Waals surface area contributed by atoms with Crippen LogP contribution >= 0.6 is 23.1 Å². The Morgan fingerprint density at radius 1 is 1.15 bits per heavy atom. The number of nitrogens with one attached hydrogen (secondary N) is 3. The van der Waals surface area contributed by atoms with Crippen molar-refractivity contribution in [2.45, 2.75) is 49.5 Å². The largest absolute Gasteiger partial charge is 0.484 e. The van der Waals surface area contributed by atoms with Crippen LogP contribution in [0, 0.1) is 0 Å². The van der Waals surface area contributed by atoms with Crippen LogP contribution in [0.25, 0.3) is 0 Å². The summed E-state index contributed by atoms with van der Waals surface area (Å²) < 4.78 is 4.85. The van der Waals surface area contributed by atoms with Gasteiger partial charge in [-0.2, -0.15) is 11.3 Å². The van der Waals surface area contributed by atoms with Crippen LogP contribution in [0.3, 0.4) is 0 Å². The number of ketones is 2. The lowest BCUT2D eigenvalue weighted by molar-refractivity contribution is -0.137. The second kappa shape index (κ2) is 11.0. The van der Waals surface area contributed by atoms with Crippen molar-refractivity contribution >= 4 is 46.5 Å². The standard InChI is InChI=1S/C23H27N3O5S2/c1-14(27)19(29)20-23(2,3)33-22(26-20)18(21(30)24-11-15-9-10-32-13-15)25-17(28)12-31-16-7-5-4-6-8-16/h4-10,13,18,20,22,26H,11-12H2,1-3H3,(H,24,30)(H,25,28). The molecule has 33 heavy (non-hydrogen) atoms. The molecule has 0 radical (unpaired) electrons. The molecule has 2 amide bonds. The van der Waals surface area contributed by atoms with E-state index in [4.69, 9.17) is 4.74 Å². The Bertz CT molecular complexity index is 995. The van der Waals surface area contributed by atoms with Crippen LogP contribution in [-0.2, 0) is 25.7 Å². The fourth-order valence-electron chi connectivity index (χ4n) is 3.40. The first-order chi connectivity index (χ1) is 15.7. The summed E-state index contributed by atoms with van der Waals surface area (Å²) in [6.07, 6.45) is 0. The first kappa shape index (κ1) is 24.9. The number of carbonyl (C=O) groups excluding carboxylic acids is 4. The number of thioether (sulfide) groups is 1. The van der Waals surface area contributed by atoms with E-state index in [1.807, 2.05) is 36.7 Å². The Morgan fingerprint density at radius 3 is 2.52 bits per heavy atom. The predicted octanol–water partition coefficient (Wildman–Crippen LogP) is 1.90. The van der Waals surface area contributed by atoms with E-state index < -0.39 is 45.6 Å². The minimum atomic E-state index is -0.982. The van der Waals surface area contributed by atoms with Crippen molar-refractivity contribution < 1.29 is 23.9 Å². The van der Waals surface area contributed by atoms with Crippen molar-refractivity contribution in [2.24, 2.45) is 0 Å². The van der Waals surface area contributed by atoms with Gasteiger partial charge in [0, 0.05) is 18.2 Å². The van der Waals surface area contributed by atoms with Gasteiger partial charge in [0.15, 0.2) is 12.4 Å². The fourth-order valence-corrected chi connectivity index (χ4v) is 5.57. The number of thiophene rings is 1. The molecule has 3 unspecified atom stereocenters. The summed E-state index contributed by atoms with van der Waals surface area (Å²) in [5.74, 6) is -1.44. The van der Waals surface area contributed by atoms with Crippen molar-refractivity contribution in [3.8, 4) is 5.75 Å². The van der Waals surface area contributed by atoms with Crippen LogP contribution in [0.2, 0.25) is 0 Å². The number of ether oxygens (including phenoxy) is 1. The minimum Gasteiger partial charge on any atom is -0.484 e. The molecule has 2 aromatic rings. The maximum Gasteiger partial charge on any atom is 0.258 e. The van der Waals surface area contributed by atoms with Crippen molar-refractivity contribution in [1.82, 2.24) is 16.0 Å². The number of hydrogen-bond acceptors (Lipinski definition) is 8. The lowest BCUT2D eigenvalue weighted by Crippen LogP contribution is -2.57. The van der Waals surface area contributed by atoms with Crippen LogP contribution < -0.4 is 20.7 Å². The predicted molar refractivity (Wildman–Crippen MR) is 128 cm³/mol. The highest BCUT2D eigenvalue weighted by atomic mass is 32.2. The summed E-state index contributed by atoms with van der Waals surface area (Å²) >= 11 is 2.86. The maximum atomic E-state index is 13.1. The number of benzene rings is 1. The second-order valence-electron chi connectivity index (χ2n) is 8.16. The number of hydrogen-bond donors (Lipinski definition) is 3. The Morgan fingerprint density at radius 2 is 1.88 bits per heavy atom. The summed E-state index contributed by atoms with van der Waals surface area (Å²) in [4.78, 5) is 49.8. The van der Waals surface area contributed by atoms with Gasteiger partial charge in [-0.3, -0.25) is 24.5 Å². The van der Waals surface area contributed by atoms with E-state index >= 15 is 0 Å². The molecule has 0 aliphatic carbocycles. The Hall–Kier alpha value is -2.69. The molecule has 1 aliphatic rings. The Labute approximate surface area is 200 Å². The summed E-state index contributed by atoms with van der Waals surface area (Å²) in [6, 6.07) is 9.03. The number of Topliss-reactive ketones (excluding diaryl/α,β-unsaturated/α-hetero) is 2. The first-order valence-corrected chi connectivity index (χ1v) is 12.2. The molecule has 1 fully saturated rings. The normalized spacial score (nSPS) is 20.0. The summed E-state index contributed by atoms with van der Waals surface area (Å²) in [5, 5.41) is 11.9. The molecule has 3 atom stereocenters. The fraction of sp³-hybridized carbons (Fsp3) is 0.391. The molecule has 0 spiro atoms. The van der Waals surface area contributed by atoms with Crippen molar-refractivity contribution in [3.05, 3.63) is 52.7 Å². The molecule has 0 saturated carbocycles. The topological polar surface area (TPSA) is 114 Å². The van der Waals surface area contributed by atoms with Gasteiger partial charge < -0.3 is 15.4 Å². The van der Waals surface area contributed by atoms with Crippen LogP contribution in [0.5, 0.6) is 5.75 Å². The van der Waals surface area contributed by atoms with Crippen molar-refractivity contribution in [1.29, 1.82) is 0 Å². The van der Waals surface area contributed by atoms with Crippen LogP contribution in [0.15, 0.2) is 47.2 Å². The van der Waals surface area contributed by atoms with Crippen molar-refractivity contribution in [2.75, 3.05) is 6.61 Å². The zero-order chi connectivity index (χ0) is 24.0. The Kier molecular flexibility index (Phi) is 8.28. The maximum absolute atomic E-state index is 13.1. The quantitative estimate of drug-likeness (QED) is 0.437. The third kappa shape index (κ3) is 6.66. The first-order valence-electron chi connectivity index (χ1n) is 10.4. The van der Waals surface area contributed by atoms with E-state index in [0.29, 0.717) is 12.3 Å². The molecule has 176 valence electrons. The summed E-state index contributed by atoms with van der Waals surface area (Å²) in [6.45, 7) is 4.93.